The molecule has 8 N–H and O–H groups in total. The van der Waals surface area contributed by atoms with E-state index in [4.69, 9.17) is 23.7 Å². The van der Waals surface area contributed by atoms with Crippen LogP contribution < -0.4 is 26.0 Å². The lowest BCUT2D eigenvalue weighted by Gasteiger charge is -2.43. The first-order valence-corrected chi connectivity index (χ1v) is 19.8. The number of carbonyl (C=O) groups excluding carboxylic acids is 6. The van der Waals surface area contributed by atoms with Crippen LogP contribution in [0.4, 0.5) is 0 Å². The summed E-state index contributed by atoms with van der Waals surface area (Å²) in [6, 6.07) is 3.75. The van der Waals surface area contributed by atoms with Crippen molar-refractivity contribution >= 4 is 35.3 Å². The molecular weight excluding hydrogens is 788 g/mol. The lowest BCUT2D eigenvalue weighted by atomic mass is 9.72. The van der Waals surface area contributed by atoms with Crippen molar-refractivity contribution in [2.75, 3.05) is 33.3 Å². The van der Waals surface area contributed by atoms with Gasteiger partial charge in [-0.05, 0) is 26.0 Å². The summed E-state index contributed by atoms with van der Waals surface area (Å²) in [6.07, 6.45) is -6.21. The Morgan fingerprint density at radius 3 is 2.27 bits per heavy atom. The summed E-state index contributed by atoms with van der Waals surface area (Å²) in [7, 11) is 1.31. The number of aliphatic hydroxyl groups is 2. The van der Waals surface area contributed by atoms with E-state index in [1.807, 2.05) is 13.8 Å². The first kappa shape index (κ1) is 45.9. The molecule has 2 aromatic rings. The molecule has 1 fully saturated rings. The van der Waals surface area contributed by atoms with Gasteiger partial charge >= 0.3 is 11.9 Å². The second-order valence-corrected chi connectivity index (χ2v) is 15.4. The Hall–Kier alpha value is -5.18. The van der Waals surface area contributed by atoms with Gasteiger partial charge in [0.2, 0.25) is 18.0 Å². The third-order valence-electron chi connectivity index (χ3n) is 10.5. The summed E-state index contributed by atoms with van der Waals surface area (Å²) >= 11 is 0. The molecule has 0 bridgehead atoms. The van der Waals surface area contributed by atoms with Crippen molar-refractivity contribution in [3.63, 3.8) is 0 Å². The van der Waals surface area contributed by atoms with E-state index >= 15 is 0 Å². The number of rotatable bonds is 17. The molecule has 3 aliphatic rings. The van der Waals surface area contributed by atoms with Crippen LogP contribution in [0.5, 0.6) is 17.2 Å². The maximum absolute atomic E-state index is 14.1. The standard InChI is InChI=1S/C41H54N4O15/c1-19(2)45-18-28(48)43-13-14-44-40(54)41(55)16-24-32(39(53)34-33(37(24)51)36(50)23-9-7-10-26(56-6)31(23)38(34)52)27(17-41)60-30-15-25(35(49)20(3)57-30)42-12-8-11-29(58-21(4)46)59-22(5)47/h7,9-10,19-20,25,27,29-30,35,42,45,49,51,53,55H,8,11-18H2,1-6H3,(H,43,48)(H,44,54)/t20?,25?,27-,30?,35?,41-/m0/s1. The van der Waals surface area contributed by atoms with E-state index in [2.05, 4.69) is 21.3 Å². The second-order valence-electron chi connectivity index (χ2n) is 15.4. The van der Waals surface area contributed by atoms with Crippen LogP contribution in [0.2, 0.25) is 0 Å². The molecule has 2 aliphatic carbocycles. The lowest BCUT2D eigenvalue weighted by molar-refractivity contribution is -0.249. The van der Waals surface area contributed by atoms with Crippen LogP contribution in [-0.4, -0.2) is 132 Å². The molecule has 1 heterocycles. The number of aliphatic hydroxyl groups excluding tert-OH is 1. The minimum atomic E-state index is -2.32. The van der Waals surface area contributed by atoms with Crippen LogP contribution in [0.25, 0.3) is 0 Å². The topological polar surface area (TPSA) is 278 Å². The summed E-state index contributed by atoms with van der Waals surface area (Å²) < 4.78 is 27.9. The highest BCUT2D eigenvalue weighted by atomic mass is 16.7. The van der Waals surface area contributed by atoms with Crippen LogP contribution in [0.3, 0.4) is 0 Å². The number of phenols is 2. The van der Waals surface area contributed by atoms with Gasteiger partial charge in [-0.2, -0.15) is 0 Å². The van der Waals surface area contributed by atoms with Gasteiger partial charge in [-0.15, -0.1) is 0 Å². The maximum Gasteiger partial charge on any atom is 0.305 e. The normalized spacial score (nSPS) is 23.3. The van der Waals surface area contributed by atoms with E-state index in [0.717, 1.165) is 0 Å². The van der Waals surface area contributed by atoms with Gasteiger partial charge in [0.25, 0.3) is 5.91 Å². The third kappa shape index (κ3) is 10.2. The van der Waals surface area contributed by atoms with Gasteiger partial charge in [-0.1, -0.05) is 26.0 Å². The van der Waals surface area contributed by atoms with E-state index in [1.54, 1.807) is 6.92 Å². The number of phenolic OH excluding ortho intramolecular Hbond substituents is 2. The number of methoxy groups -OCH3 is 1. The largest absolute Gasteiger partial charge is 0.507 e. The Labute approximate surface area is 346 Å². The molecule has 328 valence electrons. The van der Waals surface area contributed by atoms with Gasteiger partial charge in [0.1, 0.15) is 22.8 Å². The van der Waals surface area contributed by atoms with Crippen LogP contribution in [0, 0.1) is 0 Å². The van der Waals surface area contributed by atoms with Crippen molar-refractivity contribution in [1.29, 1.82) is 0 Å². The molecule has 2 amide bonds. The fourth-order valence-corrected chi connectivity index (χ4v) is 7.70. The molecule has 6 atom stereocenters. The maximum atomic E-state index is 14.1. The van der Waals surface area contributed by atoms with Crippen molar-refractivity contribution < 1.29 is 72.9 Å². The monoisotopic (exact) mass is 842 g/mol. The van der Waals surface area contributed by atoms with Gasteiger partial charge < -0.3 is 65.4 Å². The smallest absolute Gasteiger partial charge is 0.305 e. The zero-order valence-corrected chi connectivity index (χ0v) is 34.4. The van der Waals surface area contributed by atoms with Crippen molar-refractivity contribution in [1.82, 2.24) is 21.3 Å². The number of carbonyl (C=O) groups is 6. The number of hydrogen-bond donors (Lipinski definition) is 8. The Bertz CT molecular complexity index is 1970. The van der Waals surface area contributed by atoms with Gasteiger partial charge in [-0.25, -0.2) is 0 Å². The van der Waals surface area contributed by atoms with E-state index in [0.29, 0.717) is 6.42 Å². The van der Waals surface area contributed by atoms with Crippen LogP contribution >= 0.6 is 0 Å². The number of ether oxygens (including phenoxy) is 5. The number of amides is 2. The highest BCUT2D eigenvalue weighted by Crippen LogP contribution is 2.52. The lowest BCUT2D eigenvalue weighted by Crippen LogP contribution is -2.55. The highest BCUT2D eigenvalue weighted by molar-refractivity contribution is 6.31. The van der Waals surface area contributed by atoms with Crippen molar-refractivity contribution in [2.24, 2.45) is 0 Å². The first-order chi connectivity index (χ1) is 28.4. The zero-order chi connectivity index (χ0) is 44.1. The van der Waals surface area contributed by atoms with Crippen molar-refractivity contribution in [3.05, 3.63) is 51.6 Å². The average molecular weight is 843 g/mol. The summed E-state index contributed by atoms with van der Waals surface area (Å²) in [6.45, 7) is 7.99. The van der Waals surface area contributed by atoms with Crippen molar-refractivity contribution in [3.8, 4) is 17.2 Å². The molecule has 0 aromatic heterocycles. The van der Waals surface area contributed by atoms with Crippen molar-refractivity contribution in [2.45, 2.75) is 115 Å². The van der Waals surface area contributed by atoms with Gasteiger partial charge in [0, 0.05) is 81.4 Å². The van der Waals surface area contributed by atoms with E-state index < -0.39 is 107 Å². The number of esters is 2. The number of aromatic hydroxyl groups is 2. The molecule has 1 aliphatic heterocycles. The molecule has 0 radical (unpaired) electrons. The summed E-state index contributed by atoms with van der Waals surface area (Å²) in [5.41, 5.74) is -3.91. The molecule has 2 aromatic carbocycles. The van der Waals surface area contributed by atoms with Gasteiger partial charge in [0.05, 0.1) is 48.7 Å². The highest BCUT2D eigenvalue weighted by Gasteiger charge is 2.50. The minimum Gasteiger partial charge on any atom is -0.507 e. The average Bonchev–Trinajstić information content (AvgIpc) is 3.18. The summed E-state index contributed by atoms with van der Waals surface area (Å²) in [5, 5.41) is 58.3. The fraction of sp³-hybridized carbons (Fsp3) is 0.561. The molecule has 60 heavy (non-hydrogen) atoms. The first-order valence-electron chi connectivity index (χ1n) is 19.8. The Morgan fingerprint density at radius 2 is 1.62 bits per heavy atom. The van der Waals surface area contributed by atoms with Gasteiger partial charge in [0.15, 0.2) is 12.1 Å². The second kappa shape index (κ2) is 19.5. The predicted octanol–water partition coefficient (Wildman–Crippen LogP) is 0.534. The summed E-state index contributed by atoms with van der Waals surface area (Å²) in [4.78, 5) is 76.9. The minimum absolute atomic E-state index is 0.00960. The van der Waals surface area contributed by atoms with E-state index in [-0.39, 0.29) is 79.0 Å². The molecule has 0 saturated carbocycles. The molecule has 19 heteroatoms. The number of hydrogen-bond acceptors (Lipinski definition) is 17. The number of ketones is 2. The number of benzene rings is 2. The Balaban J connectivity index is 1.43. The number of nitrogens with one attached hydrogen (secondary N) is 4. The molecule has 5 rings (SSSR count). The van der Waals surface area contributed by atoms with Crippen LogP contribution in [-0.2, 0) is 44.5 Å². The Kier molecular flexibility index (Phi) is 14.9. The quantitative estimate of drug-likeness (QED) is 0.0398. The molecule has 1 saturated heterocycles. The zero-order valence-electron chi connectivity index (χ0n) is 34.4. The molecule has 4 unspecified atom stereocenters. The predicted molar refractivity (Wildman–Crippen MR) is 209 cm³/mol. The fourth-order valence-electron chi connectivity index (χ4n) is 7.70. The van der Waals surface area contributed by atoms with Crippen LogP contribution in [0.15, 0.2) is 18.2 Å². The third-order valence-corrected chi connectivity index (χ3v) is 10.5. The molecule has 0 spiro atoms. The Morgan fingerprint density at radius 1 is 0.950 bits per heavy atom. The molecule has 19 nitrogen and oxygen atoms in total. The molecular formula is C41H54N4O15. The van der Waals surface area contributed by atoms with Gasteiger partial charge in [-0.3, -0.25) is 28.8 Å². The SMILES string of the molecule is COc1cccc2c1C(=O)c1c(O)c3c(c(O)c1C2=O)C[C@@](O)(C(=O)NCCNC(=O)CNC(C)C)C[C@@H]3OC1CC(NCCCC(OC(C)=O)OC(C)=O)C(O)C(C)O1. The van der Waals surface area contributed by atoms with Crippen LogP contribution in [0.1, 0.15) is 109 Å². The van der Waals surface area contributed by atoms with E-state index in [1.165, 1.54) is 39.2 Å². The summed E-state index contributed by atoms with van der Waals surface area (Å²) in [5.74, 6) is -5.45. The van der Waals surface area contributed by atoms with E-state index in [9.17, 15) is 49.2 Å². The number of fused-ring (bicyclic) bond motifs is 3.